The number of hydrogen-bond donors (Lipinski definition) is 0. The first-order valence-corrected chi connectivity index (χ1v) is 12.0. The molecule has 7 heteroatoms. The number of amides is 3. The van der Waals surface area contributed by atoms with Crippen molar-refractivity contribution in [3.8, 4) is 0 Å². The third-order valence-corrected chi connectivity index (χ3v) is 7.21. The van der Waals surface area contributed by atoms with E-state index in [-0.39, 0.29) is 29.6 Å². The van der Waals surface area contributed by atoms with Gasteiger partial charge in [-0.1, -0.05) is 36.4 Å². The van der Waals surface area contributed by atoms with Crippen LogP contribution in [0.4, 0.5) is 10.5 Å². The summed E-state index contributed by atoms with van der Waals surface area (Å²) in [6.45, 7) is 3.17. The number of benzene rings is 2. The molecule has 33 heavy (non-hydrogen) atoms. The minimum atomic E-state index is -0.328. The number of carbonyl (C=O) groups excluding carboxylic acids is 3. The monoisotopic (exact) mass is 459 g/mol. The molecule has 2 saturated heterocycles. The van der Waals surface area contributed by atoms with E-state index in [2.05, 4.69) is 6.92 Å². The lowest BCUT2D eigenvalue weighted by Crippen LogP contribution is -2.43. The Labute approximate surface area is 196 Å². The smallest absolute Gasteiger partial charge is 0.298 e. The van der Waals surface area contributed by atoms with E-state index >= 15 is 0 Å². The van der Waals surface area contributed by atoms with Gasteiger partial charge in [-0.05, 0) is 62.2 Å². The molecule has 0 unspecified atom stereocenters. The highest BCUT2D eigenvalue weighted by Gasteiger charge is 2.36. The molecule has 0 spiro atoms. The third kappa shape index (κ3) is 4.09. The second-order valence-corrected chi connectivity index (χ2v) is 9.51. The Kier molecular flexibility index (Phi) is 5.81. The number of fused-ring (bicyclic) bond motifs is 1. The summed E-state index contributed by atoms with van der Waals surface area (Å²) in [4.78, 5) is 42.2. The van der Waals surface area contributed by atoms with Crippen molar-refractivity contribution < 1.29 is 14.4 Å². The Bertz CT molecular complexity index is 1260. The highest BCUT2D eigenvalue weighted by atomic mass is 32.2. The topological polar surface area (TPSA) is 62.6 Å². The zero-order valence-corrected chi connectivity index (χ0v) is 19.3. The van der Waals surface area contributed by atoms with Crippen molar-refractivity contribution in [2.45, 2.75) is 38.8 Å². The van der Waals surface area contributed by atoms with Gasteiger partial charge < -0.3 is 9.47 Å². The molecule has 0 aliphatic carbocycles. The summed E-state index contributed by atoms with van der Waals surface area (Å²) in [5.41, 5.74) is 2.32. The molecule has 2 aliphatic heterocycles. The Morgan fingerprint density at radius 2 is 1.82 bits per heavy atom. The Morgan fingerprint density at radius 3 is 2.61 bits per heavy atom. The zero-order valence-electron chi connectivity index (χ0n) is 18.4. The molecule has 0 radical (unpaired) electrons. The van der Waals surface area contributed by atoms with E-state index in [1.165, 1.54) is 11.3 Å². The number of aromatic nitrogens is 1. The lowest BCUT2D eigenvalue weighted by atomic mass is 10.0. The van der Waals surface area contributed by atoms with Gasteiger partial charge in [-0.15, -0.1) is 0 Å². The molecule has 1 aromatic heterocycles. The van der Waals surface area contributed by atoms with Crippen molar-refractivity contribution in [3.63, 3.8) is 0 Å². The predicted octanol–water partition coefficient (Wildman–Crippen LogP) is 5.28. The number of rotatable bonds is 4. The van der Waals surface area contributed by atoms with Crippen LogP contribution < -0.4 is 4.90 Å². The van der Waals surface area contributed by atoms with Crippen molar-refractivity contribution in [2.24, 2.45) is 0 Å². The lowest BCUT2D eigenvalue weighted by Gasteiger charge is -2.33. The van der Waals surface area contributed by atoms with Crippen LogP contribution in [0.15, 0.2) is 65.7 Å². The van der Waals surface area contributed by atoms with Crippen molar-refractivity contribution >= 4 is 51.5 Å². The molecule has 6 nitrogen and oxygen atoms in total. The summed E-state index contributed by atoms with van der Waals surface area (Å²) >= 11 is 0.940. The third-order valence-electron chi connectivity index (χ3n) is 6.34. The SMILES string of the molecule is C[C@H]1CCCCN1C(=O)Cn1cc(/C=C2\SC(=O)N(c3ccccc3)C2=O)c2ccccc21. The van der Waals surface area contributed by atoms with E-state index in [1.54, 1.807) is 30.3 Å². The fourth-order valence-electron chi connectivity index (χ4n) is 4.63. The molecule has 2 aliphatic rings. The summed E-state index contributed by atoms with van der Waals surface area (Å²) in [7, 11) is 0. The van der Waals surface area contributed by atoms with E-state index in [1.807, 2.05) is 46.0 Å². The number of nitrogens with zero attached hydrogens (tertiary/aromatic N) is 3. The Balaban J connectivity index is 1.46. The van der Waals surface area contributed by atoms with Gasteiger partial charge in [0.15, 0.2) is 0 Å². The van der Waals surface area contributed by atoms with Crippen LogP contribution in [-0.4, -0.2) is 39.1 Å². The van der Waals surface area contributed by atoms with Gasteiger partial charge in [0, 0.05) is 35.2 Å². The molecule has 1 atom stereocenters. The number of imide groups is 1. The molecular weight excluding hydrogens is 434 g/mol. The molecule has 2 fully saturated rings. The second kappa shape index (κ2) is 8.90. The molecule has 5 rings (SSSR count). The molecule has 3 aromatic rings. The fraction of sp³-hybridized carbons (Fsp3) is 0.269. The molecule has 3 heterocycles. The van der Waals surface area contributed by atoms with E-state index in [4.69, 9.17) is 0 Å². The van der Waals surface area contributed by atoms with Gasteiger partial charge in [-0.25, -0.2) is 4.90 Å². The number of piperidine rings is 1. The summed E-state index contributed by atoms with van der Waals surface area (Å²) < 4.78 is 1.95. The molecule has 2 aromatic carbocycles. The van der Waals surface area contributed by atoms with Crippen molar-refractivity contribution in [2.75, 3.05) is 11.4 Å². The van der Waals surface area contributed by atoms with E-state index in [0.29, 0.717) is 10.6 Å². The van der Waals surface area contributed by atoms with Gasteiger partial charge in [-0.2, -0.15) is 0 Å². The van der Waals surface area contributed by atoms with Gasteiger partial charge >= 0.3 is 0 Å². The maximum atomic E-state index is 13.1. The number of carbonyl (C=O) groups is 3. The van der Waals surface area contributed by atoms with Crippen LogP contribution in [0.1, 0.15) is 31.7 Å². The molecule has 0 saturated carbocycles. The highest BCUT2D eigenvalue weighted by molar-refractivity contribution is 8.19. The summed E-state index contributed by atoms with van der Waals surface area (Å²) in [6.07, 6.45) is 6.93. The number of para-hydroxylation sites is 2. The lowest BCUT2D eigenvalue weighted by molar-refractivity contribution is -0.135. The largest absolute Gasteiger partial charge is 0.338 e. The molecule has 0 bridgehead atoms. The quantitative estimate of drug-likeness (QED) is 0.498. The van der Waals surface area contributed by atoms with Crippen LogP contribution in [0.3, 0.4) is 0 Å². The summed E-state index contributed by atoms with van der Waals surface area (Å²) in [5, 5.41) is 0.638. The zero-order chi connectivity index (χ0) is 22.9. The van der Waals surface area contributed by atoms with Crippen LogP contribution in [0, 0.1) is 0 Å². The van der Waals surface area contributed by atoms with E-state index in [0.717, 1.165) is 47.6 Å². The molecule has 0 N–H and O–H groups in total. The molecular formula is C26H25N3O3S. The minimum absolute atomic E-state index is 0.110. The second-order valence-electron chi connectivity index (χ2n) is 8.51. The van der Waals surface area contributed by atoms with Gasteiger partial charge in [-0.3, -0.25) is 14.4 Å². The average molecular weight is 460 g/mol. The molecule has 3 amide bonds. The van der Waals surface area contributed by atoms with Crippen molar-refractivity contribution in [1.29, 1.82) is 0 Å². The highest BCUT2D eigenvalue weighted by Crippen LogP contribution is 2.36. The summed E-state index contributed by atoms with van der Waals surface area (Å²) in [6, 6.07) is 17.1. The van der Waals surface area contributed by atoms with Crippen molar-refractivity contribution in [3.05, 3.63) is 71.3 Å². The van der Waals surface area contributed by atoms with E-state index in [9.17, 15) is 14.4 Å². The first-order valence-electron chi connectivity index (χ1n) is 11.2. The van der Waals surface area contributed by atoms with Gasteiger partial charge in [0.1, 0.15) is 6.54 Å². The standard InChI is InChI=1S/C26H25N3O3S/c1-18-9-7-8-14-28(18)24(30)17-27-16-19(21-12-5-6-13-22(21)27)15-23-25(31)29(26(32)33-23)20-10-3-2-4-11-20/h2-6,10-13,15-16,18H,7-9,14,17H2,1H3/b23-15-/t18-/m0/s1. The van der Waals surface area contributed by atoms with Crippen LogP contribution in [0.5, 0.6) is 0 Å². The van der Waals surface area contributed by atoms with Crippen LogP contribution in [-0.2, 0) is 16.1 Å². The first kappa shape index (κ1) is 21.5. The minimum Gasteiger partial charge on any atom is -0.338 e. The van der Waals surface area contributed by atoms with Crippen LogP contribution in [0.25, 0.3) is 17.0 Å². The number of likely N-dealkylation sites (tertiary alicyclic amines) is 1. The van der Waals surface area contributed by atoms with Crippen LogP contribution >= 0.6 is 11.8 Å². The van der Waals surface area contributed by atoms with Gasteiger partial charge in [0.05, 0.1) is 10.6 Å². The Hall–Kier alpha value is -3.32. The Morgan fingerprint density at radius 1 is 1.06 bits per heavy atom. The maximum absolute atomic E-state index is 13.1. The normalized spacial score (nSPS) is 20.3. The predicted molar refractivity (Wildman–Crippen MR) is 132 cm³/mol. The maximum Gasteiger partial charge on any atom is 0.298 e. The first-order chi connectivity index (χ1) is 16.0. The van der Waals surface area contributed by atoms with Crippen molar-refractivity contribution in [1.82, 2.24) is 9.47 Å². The van der Waals surface area contributed by atoms with Gasteiger partial charge in [0.25, 0.3) is 11.1 Å². The average Bonchev–Trinajstić information content (AvgIpc) is 3.31. The number of thioether (sulfide) groups is 1. The summed E-state index contributed by atoms with van der Waals surface area (Å²) in [5.74, 6) is -0.217. The fourth-order valence-corrected chi connectivity index (χ4v) is 5.47. The van der Waals surface area contributed by atoms with Gasteiger partial charge in [0.2, 0.25) is 5.91 Å². The van der Waals surface area contributed by atoms with E-state index < -0.39 is 0 Å². The van der Waals surface area contributed by atoms with Crippen LogP contribution in [0.2, 0.25) is 0 Å². The number of hydrogen-bond acceptors (Lipinski definition) is 4. The number of anilines is 1. The molecule has 168 valence electrons.